The Kier molecular flexibility index (Phi) is 7.67. The van der Waals surface area contributed by atoms with Crippen molar-refractivity contribution in [3.8, 4) is 5.75 Å². The SMILES string of the molecule is CC(=O)Nc1ccc(SC(C)C(=O)Nc2cccc(COc3cccc(F)c3)c2)cc1. The van der Waals surface area contributed by atoms with E-state index in [1.165, 1.54) is 30.8 Å². The number of ether oxygens (including phenoxy) is 1. The molecule has 1 unspecified atom stereocenters. The Morgan fingerprint density at radius 1 is 0.968 bits per heavy atom. The molecular formula is C24H23FN2O3S. The fourth-order valence-electron chi connectivity index (χ4n) is 2.78. The highest BCUT2D eigenvalue weighted by Crippen LogP contribution is 2.26. The molecule has 0 spiro atoms. The first-order valence-electron chi connectivity index (χ1n) is 9.71. The molecule has 31 heavy (non-hydrogen) atoms. The van der Waals surface area contributed by atoms with Crippen molar-refractivity contribution < 1.29 is 18.7 Å². The normalized spacial score (nSPS) is 11.5. The molecule has 5 nitrogen and oxygen atoms in total. The molecule has 0 heterocycles. The molecule has 0 aliphatic rings. The van der Waals surface area contributed by atoms with Gasteiger partial charge in [-0.15, -0.1) is 11.8 Å². The number of halogens is 1. The molecule has 2 amide bonds. The molecule has 160 valence electrons. The smallest absolute Gasteiger partial charge is 0.237 e. The molecule has 1 atom stereocenters. The Hall–Kier alpha value is -3.32. The lowest BCUT2D eigenvalue weighted by molar-refractivity contribution is -0.115. The number of nitrogens with one attached hydrogen (secondary N) is 2. The van der Waals surface area contributed by atoms with E-state index in [4.69, 9.17) is 4.74 Å². The van der Waals surface area contributed by atoms with E-state index in [9.17, 15) is 14.0 Å². The summed E-state index contributed by atoms with van der Waals surface area (Å²) in [5, 5.41) is 5.31. The topological polar surface area (TPSA) is 67.4 Å². The second kappa shape index (κ2) is 10.6. The van der Waals surface area contributed by atoms with Crippen LogP contribution in [0.1, 0.15) is 19.4 Å². The lowest BCUT2D eigenvalue weighted by Crippen LogP contribution is -2.22. The average Bonchev–Trinajstić information content (AvgIpc) is 2.73. The van der Waals surface area contributed by atoms with Crippen LogP contribution in [0.3, 0.4) is 0 Å². The van der Waals surface area contributed by atoms with E-state index in [2.05, 4.69) is 10.6 Å². The van der Waals surface area contributed by atoms with Gasteiger partial charge in [0, 0.05) is 29.3 Å². The van der Waals surface area contributed by atoms with Crippen LogP contribution < -0.4 is 15.4 Å². The van der Waals surface area contributed by atoms with Crippen LogP contribution in [0.25, 0.3) is 0 Å². The molecule has 0 bridgehead atoms. The summed E-state index contributed by atoms with van der Waals surface area (Å²) in [7, 11) is 0. The minimum absolute atomic E-state index is 0.126. The number of benzene rings is 3. The van der Waals surface area contributed by atoms with E-state index in [0.717, 1.165) is 10.5 Å². The van der Waals surface area contributed by atoms with Crippen molar-refractivity contribution in [3.63, 3.8) is 0 Å². The van der Waals surface area contributed by atoms with Gasteiger partial charge in [0.1, 0.15) is 18.2 Å². The fraction of sp³-hybridized carbons (Fsp3) is 0.167. The van der Waals surface area contributed by atoms with Crippen molar-refractivity contribution in [3.05, 3.63) is 84.2 Å². The highest BCUT2D eigenvalue weighted by Gasteiger charge is 2.15. The van der Waals surface area contributed by atoms with Crippen LogP contribution in [0.2, 0.25) is 0 Å². The van der Waals surface area contributed by atoms with E-state index in [1.807, 2.05) is 43.3 Å². The summed E-state index contributed by atoms with van der Waals surface area (Å²) >= 11 is 1.43. The largest absolute Gasteiger partial charge is 0.489 e. The Balaban J connectivity index is 1.54. The summed E-state index contributed by atoms with van der Waals surface area (Å²) in [6.07, 6.45) is 0. The quantitative estimate of drug-likeness (QED) is 0.457. The molecule has 2 N–H and O–H groups in total. The van der Waals surface area contributed by atoms with Crippen molar-refractivity contribution in [2.24, 2.45) is 0 Å². The maximum absolute atomic E-state index is 13.3. The number of hydrogen-bond acceptors (Lipinski definition) is 4. The van der Waals surface area contributed by atoms with Gasteiger partial charge in [-0.05, 0) is 61.0 Å². The maximum Gasteiger partial charge on any atom is 0.237 e. The van der Waals surface area contributed by atoms with Gasteiger partial charge in [0.15, 0.2) is 0 Å². The monoisotopic (exact) mass is 438 g/mol. The van der Waals surface area contributed by atoms with Gasteiger partial charge in [-0.2, -0.15) is 0 Å². The van der Waals surface area contributed by atoms with E-state index in [0.29, 0.717) is 17.1 Å². The Bertz CT molecular complexity index is 1060. The Morgan fingerprint density at radius 3 is 2.42 bits per heavy atom. The van der Waals surface area contributed by atoms with Crippen molar-refractivity contribution >= 4 is 35.0 Å². The first kappa shape index (κ1) is 22.4. The fourth-order valence-corrected chi connectivity index (χ4v) is 3.65. The molecule has 0 saturated heterocycles. The van der Waals surface area contributed by atoms with Crippen LogP contribution in [-0.2, 0) is 16.2 Å². The number of hydrogen-bond donors (Lipinski definition) is 2. The van der Waals surface area contributed by atoms with Crippen molar-refractivity contribution in [2.45, 2.75) is 30.6 Å². The molecule has 0 saturated carbocycles. The summed E-state index contributed by atoms with van der Waals surface area (Å²) in [6, 6.07) is 20.7. The number of anilines is 2. The molecule has 0 aromatic heterocycles. The highest BCUT2D eigenvalue weighted by molar-refractivity contribution is 8.00. The van der Waals surface area contributed by atoms with Crippen molar-refractivity contribution in [2.75, 3.05) is 10.6 Å². The third kappa shape index (κ3) is 7.15. The van der Waals surface area contributed by atoms with Gasteiger partial charge < -0.3 is 15.4 Å². The van der Waals surface area contributed by atoms with Crippen LogP contribution in [0, 0.1) is 5.82 Å². The summed E-state index contributed by atoms with van der Waals surface area (Å²) in [4.78, 5) is 24.6. The summed E-state index contributed by atoms with van der Waals surface area (Å²) < 4.78 is 18.9. The van der Waals surface area contributed by atoms with Crippen LogP contribution >= 0.6 is 11.8 Å². The van der Waals surface area contributed by atoms with Crippen molar-refractivity contribution in [1.82, 2.24) is 0 Å². The zero-order valence-corrected chi connectivity index (χ0v) is 18.0. The molecule has 0 aliphatic carbocycles. The number of thioether (sulfide) groups is 1. The minimum Gasteiger partial charge on any atom is -0.489 e. The number of amides is 2. The molecule has 7 heteroatoms. The summed E-state index contributed by atoms with van der Waals surface area (Å²) in [6.45, 7) is 3.55. The van der Waals surface area contributed by atoms with Crippen molar-refractivity contribution in [1.29, 1.82) is 0 Å². The highest BCUT2D eigenvalue weighted by atomic mass is 32.2. The molecular weight excluding hydrogens is 415 g/mol. The van der Waals surface area contributed by atoms with Gasteiger partial charge in [-0.1, -0.05) is 18.2 Å². The van der Waals surface area contributed by atoms with Crippen LogP contribution in [0.5, 0.6) is 5.75 Å². The zero-order chi connectivity index (χ0) is 22.2. The lowest BCUT2D eigenvalue weighted by Gasteiger charge is -2.13. The average molecular weight is 439 g/mol. The predicted molar refractivity (Wildman–Crippen MR) is 122 cm³/mol. The molecule has 0 radical (unpaired) electrons. The van der Waals surface area contributed by atoms with Crippen LogP contribution in [0.15, 0.2) is 77.7 Å². The van der Waals surface area contributed by atoms with Gasteiger partial charge >= 0.3 is 0 Å². The molecule has 0 fully saturated rings. The van der Waals surface area contributed by atoms with E-state index >= 15 is 0 Å². The molecule has 3 aromatic carbocycles. The van der Waals surface area contributed by atoms with Gasteiger partial charge in [-0.3, -0.25) is 9.59 Å². The Labute approximate surface area is 185 Å². The third-order valence-corrected chi connectivity index (χ3v) is 5.36. The standard InChI is InChI=1S/C24H23FN2O3S/c1-16(31-23-11-9-20(10-12-23)26-17(2)28)24(29)27-21-7-3-5-18(13-21)15-30-22-8-4-6-19(25)14-22/h3-14,16H,15H2,1-2H3,(H,26,28)(H,27,29). The van der Waals surface area contributed by atoms with Crippen LogP contribution in [-0.4, -0.2) is 17.1 Å². The number of carbonyl (C=O) groups is 2. The van der Waals surface area contributed by atoms with Crippen LogP contribution in [0.4, 0.5) is 15.8 Å². The molecule has 0 aliphatic heterocycles. The predicted octanol–water partition coefficient (Wildman–Crippen LogP) is 5.48. The summed E-state index contributed by atoms with van der Waals surface area (Å²) in [5.41, 5.74) is 2.24. The second-order valence-corrected chi connectivity index (χ2v) is 8.32. The van der Waals surface area contributed by atoms with Gasteiger partial charge in [0.05, 0.1) is 5.25 Å². The van der Waals surface area contributed by atoms with Gasteiger partial charge in [0.2, 0.25) is 11.8 Å². The van der Waals surface area contributed by atoms with E-state index in [1.54, 1.807) is 24.3 Å². The first-order chi connectivity index (χ1) is 14.9. The molecule has 3 aromatic rings. The Morgan fingerprint density at radius 2 is 1.71 bits per heavy atom. The first-order valence-corrected chi connectivity index (χ1v) is 10.6. The number of carbonyl (C=O) groups excluding carboxylic acids is 2. The van der Waals surface area contributed by atoms with Gasteiger partial charge in [0.25, 0.3) is 0 Å². The van der Waals surface area contributed by atoms with E-state index in [-0.39, 0.29) is 29.5 Å². The maximum atomic E-state index is 13.3. The zero-order valence-electron chi connectivity index (χ0n) is 17.2. The van der Waals surface area contributed by atoms with Gasteiger partial charge in [-0.25, -0.2) is 4.39 Å². The van der Waals surface area contributed by atoms with E-state index < -0.39 is 0 Å². The second-order valence-electron chi connectivity index (χ2n) is 6.90. The third-order valence-electron chi connectivity index (χ3n) is 4.25. The summed E-state index contributed by atoms with van der Waals surface area (Å²) in [5.74, 6) is -0.158. The lowest BCUT2D eigenvalue weighted by atomic mass is 10.2. The minimum atomic E-state index is -0.352. The molecule has 3 rings (SSSR count). The number of rotatable bonds is 8.